The Hall–Kier alpha value is -0.520. The predicted octanol–water partition coefficient (Wildman–Crippen LogP) is 5.85. The van der Waals surface area contributed by atoms with Gasteiger partial charge in [0.05, 0.1) is 0 Å². The van der Waals surface area contributed by atoms with Crippen molar-refractivity contribution in [2.45, 2.75) is 61.8 Å². The van der Waals surface area contributed by atoms with Crippen LogP contribution in [0, 0.1) is 35.5 Å². The van der Waals surface area contributed by atoms with Gasteiger partial charge in [0.2, 0.25) is 0 Å². The first-order valence-corrected chi connectivity index (χ1v) is 8.11. The lowest BCUT2D eigenvalue weighted by molar-refractivity contribution is 0.267. The van der Waals surface area contributed by atoms with Crippen LogP contribution in [0.5, 0.6) is 0 Å². The van der Waals surface area contributed by atoms with Crippen LogP contribution in [0.3, 0.4) is 0 Å². The number of hydrogen-bond acceptors (Lipinski definition) is 0. The Morgan fingerprint density at radius 1 is 0.579 bits per heavy atom. The van der Waals surface area contributed by atoms with Crippen molar-refractivity contribution in [3.8, 4) is 0 Å². The summed E-state index contributed by atoms with van der Waals surface area (Å²) < 4.78 is 0. The molecule has 0 aromatic carbocycles. The predicted molar refractivity (Wildman–Crippen MR) is 85.0 cm³/mol. The molecule has 0 N–H and O–H groups in total. The Kier molecular flexibility index (Phi) is 4.00. The summed E-state index contributed by atoms with van der Waals surface area (Å²) >= 11 is 0. The largest absolute Gasteiger partial charge is 0.0710 e. The lowest BCUT2D eigenvalue weighted by Gasteiger charge is -2.28. The third-order valence-corrected chi connectivity index (χ3v) is 7.08. The standard InChI is InChI=1S/C19H32/c1-10-11(2)15(6)18(14(10)5)9-19-16(7)12(3)13(4)17(19)8/h10,12,14,16,18-19H,9H2,1-8H3/t10?,12?,14?,16?,18-,19+. The monoisotopic (exact) mass is 260 g/mol. The first-order chi connectivity index (χ1) is 8.77. The summed E-state index contributed by atoms with van der Waals surface area (Å²) in [6.07, 6.45) is 1.38. The highest BCUT2D eigenvalue weighted by Crippen LogP contribution is 2.50. The Balaban J connectivity index is 2.19. The molecule has 2 rings (SSSR count). The molecule has 0 amide bonds. The van der Waals surface area contributed by atoms with Crippen LogP contribution >= 0.6 is 0 Å². The van der Waals surface area contributed by atoms with E-state index in [4.69, 9.17) is 0 Å². The molecule has 0 heteroatoms. The summed E-state index contributed by atoms with van der Waals surface area (Å²) in [5.74, 6) is 4.85. The fourth-order valence-electron chi connectivity index (χ4n) is 4.63. The number of allylic oxidation sites excluding steroid dienone is 4. The van der Waals surface area contributed by atoms with Crippen LogP contribution in [0.25, 0.3) is 0 Å². The van der Waals surface area contributed by atoms with Crippen molar-refractivity contribution in [1.82, 2.24) is 0 Å². The zero-order chi connectivity index (χ0) is 14.5. The van der Waals surface area contributed by atoms with Crippen molar-refractivity contribution in [1.29, 1.82) is 0 Å². The highest BCUT2D eigenvalue weighted by atomic mass is 14.4. The second-order valence-corrected chi connectivity index (χ2v) is 7.48. The summed E-state index contributed by atoms with van der Waals surface area (Å²) in [6, 6.07) is 0. The van der Waals surface area contributed by atoms with Crippen LogP contribution in [0.1, 0.15) is 61.8 Å². The van der Waals surface area contributed by atoms with E-state index >= 15 is 0 Å². The first kappa shape index (κ1) is 14.9. The molecule has 0 bridgehead atoms. The van der Waals surface area contributed by atoms with E-state index < -0.39 is 0 Å². The fourth-order valence-corrected chi connectivity index (χ4v) is 4.63. The van der Waals surface area contributed by atoms with Gasteiger partial charge in [-0.3, -0.25) is 0 Å². The second kappa shape index (κ2) is 5.11. The molecule has 0 fully saturated rings. The van der Waals surface area contributed by atoms with Crippen LogP contribution in [0.2, 0.25) is 0 Å². The summed E-state index contributed by atoms with van der Waals surface area (Å²) in [7, 11) is 0. The molecule has 2 aliphatic carbocycles. The molecule has 0 aliphatic heterocycles. The molecule has 0 saturated carbocycles. The highest BCUT2D eigenvalue weighted by Gasteiger charge is 2.39. The van der Waals surface area contributed by atoms with Crippen LogP contribution in [-0.2, 0) is 0 Å². The molecule has 19 heavy (non-hydrogen) atoms. The van der Waals surface area contributed by atoms with Crippen molar-refractivity contribution >= 4 is 0 Å². The Labute approximate surface area is 120 Å². The average molecular weight is 260 g/mol. The van der Waals surface area contributed by atoms with Gasteiger partial charge in [-0.2, -0.15) is 0 Å². The SMILES string of the molecule is CC1=C(C)[C@@H](C[C@H]2C(C)=C(C)C(C)C2C)C(C)C1C. The maximum Gasteiger partial charge on any atom is -0.0166 e. The van der Waals surface area contributed by atoms with Gasteiger partial charge in [0.15, 0.2) is 0 Å². The molecule has 108 valence electrons. The van der Waals surface area contributed by atoms with Crippen molar-refractivity contribution in [2.24, 2.45) is 35.5 Å². The zero-order valence-corrected chi connectivity index (χ0v) is 14.2. The van der Waals surface area contributed by atoms with Crippen LogP contribution in [0.15, 0.2) is 22.3 Å². The quantitative estimate of drug-likeness (QED) is 0.546. The number of rotatable bonds is 2. The molecule has 0 aromatic heterocycles. The van der Waals surface area contributed by atoms with Gasteiger partial charge in [0, 0.05) is 0 Å². The molecular formula is C19H32. The van der Waals surface area contributed by atoms with E-state index in [0.717, 1.165) is 35.5 Å². The van der Waals surface area contributed by atoms with Crippen LogP contribution in [0.4, 0.5) is 0 Å². The third-order valence-electron chi connectivity index (χ3n) is 7.08. The van der Waals surface area contributed by atoms with Gasteiger partial charge in [-0.15, -0.1) is 0 Å². The second-order valence-electron chi connectivity index (χ2n) is 7.48. The van der Waals surface area contributed by atoms with Crippen molar-refractivity contribution < 1.29 is 0 Å². The van der Waals surface area contributed by atoms with Gasteiger partial charge < -0.3 is 0 Å². The molecule has 0 radical (unpaired) electrons. The van der Waals surface area contributed by atoms with E-state index in [9.17, 15) is 0 Å². The number of hydrogen-bond donors (Lipinski definition) is 0. The summed E-state index contributed by atoms with van der Waals surface area (Å²) in [4.78, 5) is 0. The Morgan fingerprint density at radius 3 is 1.11 bits per heavy atom. The molecule has 0 aromatic rings. The molecule has 2 aliphatic rings. The lowest BCUT2D eigenvalue weighted by Crippen LogP contribution is -2.20. The maximum absolute atomic E-state index is 2.46. The molecular weight excluding hydrogens is 228 g/mol. The summed E-state index contributed by atoms with van der Waals surface area (Å²) in [6.45, 7) is 19.2. The van der Waals surface area contributed by atoms with Gasteiger partial charge in [-0.25, -0.2) is 0 Å². The zero-order valence-electron chi connectivity index (χ0n) is 14.2. The first-order valence-electron chi connectivity index (χ1n) is 8.11. The average Bonchev–Trinajstić information content (AvgIpc) is 2.68. The molecule has 6 atom stereocenters. The van der Waals surface area contributed by atoms with Crippen LogP contribution in [-0.4, -0.2) is 0 Å². The lowest BCUT2D eigenvalue weighted by atomic mass is 9.76. The molecule has 0 saturated heterocycles. The van der Waals surface area contributed by atoms with E-state index in [1.165, 1.54) is 6.42 Å². The minimum atomic E-state index is 0.782. The fraction of sp³-hybridized carbons (Fsp3) is 0.789. The minimum absolute atomic E-state index is 0.782. The topological polar surface area (TPSA) is 0 Å². The summed E-state index contributed by atoms with van der Waals surface area (Å²) in [5.41, 5.74) is 6.71. The van der Waals surface area contributed by atoms with Gasteiger partial charge in [0.1, 0.15) is 0 Å². The van der Waals surface area contributed by atoms with E-state index in [-0.39, 0.29) is 0 Å². The normalized spacial score (nSPS) is 43.6. The van der Waals surface area contributed by atoms with Crippen molar-refractivity contribution in [2.75, 3.05) is 0 Å². The van der Waals surface area contributed by atoms with Crippen LogP contribution < -0.4 is 0 Å². The molecule has 0 spiro atoms. The van der Waals surface area contributed by atoms with E-state index in [1.54, 1.807) is 22.3 Å². The van der Waals surface area contributed by atoms with Crippen molar-refractivity contribution in [3.05, 3.63) is 22.3 Å². The van der Waals surface area contributed by atoms with E-state index in [2.05, 4.69) is 55.4 Å². The van der Waals surface area contributed by atoms with Gasteiger partial charge in [-0.05, 0) is 69.6 Å². The molecule has 0 nitrogen and oxygen atoms in total. The van der Waals surface area contributed by atoms with E-state index in [0.29, 0.717) is 0 Å². The smallest absolute Gasteiger partial charge is 0.0166 e. The Bertz CT molecular complexity index is 383. The van der Waals surface area contributed by atoms with Gasteiger partial charge in [-0.1, -0.05) is 50.0 Å². The van der Waals surface area contributed by atoms with Gasteiger partial charge in [0.25, 0.3) is 0 Å². The molecule has 4 unspecified atom stereocenters. The molecule has 0 heterocycles. The third kappa shape index (κ3) is 2.22. The Morgan fingerprint density at radius 2 is 0.895 bits per heavy atom. The summed E-state index contributed by atoms with van der Waals surface area (Å²) in [5, 5.41) is 0. The maximum atomic E-state index is 2.46. The van der Waals surface area contributed by atoms with Crippen molar-refractivity contribution in [3.63, 3.8) is 0 Å². The van der Waals surface area contributed by atoms with Gasteiger partial charge >= 0.3 is 0 Å². The van der Waals surface area contributed by atoms with E-state index in [1.807, 2.05) is 0 Å². The minimum Gasteiger partial charge on any atom is -0.0710 e. The highest BCUT2D eigenvalue weighted by molar-refractivity contribution is 5.28.